The standard InChI is InChI=1S/C30H49N6O10P/c1-7-8-9-10-24(38)33-21(15-19-11-13-20(14-12-19)46-47(43,44)45)27(39)36-26(18(4)5)30(42)34-22(16-23(31)37)28(40)35-25(17(2)3)29(41)32-6/h11-14,17-18,21-22,25-26H,7-10,15-16H2,1-6H3,(H2,31,37)(H,32,41)(H,33,38)(H,34,42)(H,35,40)(H,36,39)(H2,43,44,45)/t21-,22-,25-,26-/m0/s1. The zero-order chi connectivity index (χ0) is 35.9. The predicted molar refractivity (Wildman–Crippen MR) is 172 cm³/mol. The van der Waals surface area contributed by atoms with Crippen molar-refractivity contribution in [3.05, 3.63) is 29.8 Å². The molecule has 0 aliphatic rings. The van der Waals surface area contributed by atoms with E-state index in [-0.39, 0.29) is 30.4 Å². The van der Waals surface area contributed by atoms with Crippen molar-refractivity contribution in [2.24, 2.45) is 17.6 Å². The van der Waals surface area contributed by atoms with Crippen LogP contribution in [-0.4, -0.2) is 76.4 Å². The first-order chi connectivity index (χ1) is 21.9. The lowest BCUT2D eigenvalue weighted by atomic mass is 9.99. The Morgan fingerprint density at radius 2 is 1.32 bits per heavy atom. The highest BCUT2D eigenvalue weighted by Gasteiger charge is 2.34. The van der Waals surface area contributed by atoms with Gasteiger partial charge in [0, 0.05) is 19.9 Å². The molecule has 0 bridgehead atoms. The average molecular weight is 685 g/mol. The first-order valence-corrected chi connectivity index (χ1v) is 17.0. The summed E-state index contributed by atoms with van der Waals surface area (Å²) in [7, 11) is -3.38. The van der Waals surface area contributed by atoms with E-state index < -0.39 is 73.9 Å². The number of hydrogen-bond donors (Lipinski definition) is 8. The molecule has 0 saturated heterocycles. The van der Waals surface area contributed by atoms with E-state index >= 15 is 0 Å². The minimum atomic E-state index is -4.78. The average Bonchev–Trinajstić information content (AvgIpc) is 2.97. The molecular weight excluding hydrogens is 635 g/mol. The second-order valence-corrected chi connectivity index (χ2v) is 13.0. The SMILES string of the molecule is CCCCCC(=O)N[C@@H](Cc1ccc(OP(=O)(O)O)cc1)C(=O)N[C@H](C(=O)N[C@@H](CC(N)=O)C(=O)N[C@H](C(=O)NC)C(C)C)C(C)C. The summed E-state index contributed by atoms with van der Waals surface area (Å²) in [5.41, 5.74) is 5.85. The third kappa shape index (κ3) is 15.4. The van der Waals surface area contributed by atoms with E-state index in [9.17, 15) is 33.3 Å². The van der Waals surface area contributed by atoms with Crippen molar-refractivity contribution in [1.29, 1.82) is 0 Å². The van der Waals surface area contributed by atoms with Crippen LogP contribution in [0.1, 0.15) is 72.3 Å². The number of hydrogen-bond acceptors (Lipinski definition) is 8. The minimum Gasteiger partial charge on any atom is -0.404 e. The van der Waals surface area contributed by atoms with Crippen molar-refractivity contribution in [2.75, 3.05) is 7.05 Å². The molecule has 16 nitrogen and oxygen atoms in total. The fourth-order valence-corrected chi connectivity index (χ4v) is 4.87. The number of carbonyl (C=O) groups is 6. The van der Waals surface area contributed by atoms with Crippen LogP contribution in [-0.2, 0) is 39.8 Å². The number of phosphoric acid groups is 1. The number of rotatable bonds is 20. The zero-order valence-corrected chi connectivity index (χ0v) is 28.6. The number of primary amides is 1. The lowest BCUT2D eigenvalue weighted by Gasteiger charge is -2.28. The summed E-state index contributed by atoms with van der Waals surface area (Å²) in [6, 6.07) is 0.754. The van der Waals surface area contributed by atoms with Crippen molar-refractivity contribution >= 4 is 43.3 Å². The Morgan fingerprint density at radius 1 is 0.787 bits per heavy atom. The van der Waals surface area contributed by atoms with E-state index in [0.29, 0.717) is 12.0 Å². The van der Waals surface area contributed by atoms with Gasteiger partial charge < -0.3 is 36.8 Å². The largest absolute Gasteiger partial charge is 0.524 e. The fourth-order valence-electron chi connectivity index (χ4n) is 4.48. The molecule has 1 aromatic rings. The molecule has 0 heterocycles. The van der Waals surface area contributed by atoms with Crippen molar-refractivity contribution in [3.8, 4) is 5.75 Å². The number of amides is 6. The lowest BCUT2D eigenvalue weighted by Crippen LogP contribution is -2.60. The molecule has 9 N–H and O–H groups in total. The molecule has 0 saturated carbocycles. The first kappa shape index (κ1) is 41.0. The maximum atomic E-state index is 13.6. The van der Waals surface area contributed by atoms with Crippen LogP contribution in [0.3, 0.4) is 0 Å². The van der Waals surface area contributed by atoms with Crippen molar-refractivity contribution in [2.45, 2.75) is 97.3 Å². The van der Waals surface area contributed by atoms with Gasteiger partial charge in [-0.2, -0.15) is 0 Å². The molecule has 1 aromatic carbocycles. The van der Waals surface area contributed by atoms with E-state index in [1.807, 2.05) is 6.92 Å². The maximum absolute atomic E-state index is 13.6. The van der Waals surface area contributed by atoms with Gasteiger partial charge in [0.15, 0.2) is 0 Å². The van der Waals surface area contributed by atoms with Crippen LogP contribution in [0.4, 0.5) is 0 Å². The molecule has 47 heavy (non-hydrogen) atoms. The summed E-state index contributed by atoms with van der Waals surface area (Å²) in [5, 5.41) is 12.8. The minimum absolute atomic E-state index is 0.0449. The highest BCUT2D eigenvalue weighted by Crippen LogP contribution is 2.37. The summed E-state index contributed by atoms with van der Waals surface area (Å²) in [4.78, 5) is 95.0. The summed E-state index contributed by atoms with van der Waals surface area (Å²) < 4.78 is 15.7. The van der Waals surface area contributed by atoms with Crippen molar-refractivity contribution in [1.82, 2.24) is 26.6 Å². The van der Waals surface area contributed by atoms with Gasteiger partial charge in [0.25, 0.3) is 0 Å². The number of likely N-dealkylation sites (N-methyl/N-ethyl adjacent to an activating group) is 1. The van der Waals surface area contributed by atoms with E-state index in [1.165, 1.54) is 31.3 Å². The van der Waals surface area contributed by atoms with Crippen LogP contribution in [0.25, 0.3) is 0 Å². The number of phosphoric ester groups is 1. The van der Waals surface area contributed by atoms with Crippen LogP contribution in [0.15, 0.2) is 24.3 Å². The van der Waals surface area contributed by atoms with Gasteiger partial charge in [0.1, 0.15) is 29.9 Å². The Morgan fingerprint density at radius 3 is 1.79 bits per heavy atom. The van der Waals surface area contributed by atoms with Gasteiger partial charge in [0.05, 0.1) is 6.42 Å². The van der Waals surface area contributed by atoms with E-state index in [4.69, 9.17) is 15.5 Å². The molecule has 0 aliphatic heterocycles. The fraction of sp³-hybridized carbons (Fsp3) is 0.600. The first-order valence-electron chi connectivity index (χ1n) is 15.4. The van der Waals surface area contributed by atoms with Gasteiger partial charge in [0.2, 0.25) is 35.4 Å². The number of nitrogens with two attached hydrogens (primary N) is 1. The summed E-state index contributed by atoms with van der Waals surface area (Å²) >= 11 is 0. The molecule has 0 unspecified atom stereocenters. The van der Waals surface area contributed by atoms with Gasteiger partial charge in [-0.25, -0.2) is 4.57 Å². The van der Waals surface area contributed by atoms with Gasteiger partial charge in [-0.1, -0.05) is 59.6 Å². The van der Waals surface area contributed by atoms with Crippen LogP contribution in [0.5, 0.6) is 5.75 Å². The molecule has 0 aliphatic carbocycles. The van der Waals surface area contributed by atoms with Crippen molar-refractivity contribution in [3.63, 3.8) is 0 Å². The number of carbonyl (C=O) groups excluding carboxylic acids is 6. The molecule has 6 amide bonds. The molecule has 0 fully saturated rings. The van der Waals surface area contributed by atoms with Crippen LogP contribution < -0.4 is 36.8 Å². The second kappa shape index (κ2) is 19.6. The van der Waals surface area contributed by atoms with E-state index in [1.54, 1.807) is 27.7 Å². The Hall–Kier alpha value is -4.01. The third-order valence-corrected chi connectivity index (χ3v) is 7.47. The van der Waals surface area contributed by atoms with Gasteiger partial charge in [-0.05, 0) is 36.0 Å². The van der Waals surface area contributed by atoms with Crippen LogP contribution in [0.2, 0.25) is 0 Å². The highest BCUT2D eigenvalue weighted by atomic mass is 31.2. The smallest absolute Gasteiger partial charge is 0.404 e. The summed E-state index contributed by atoms with van der Waals surface area (Å²) in [5.74, 6) is -5.04. The van der Waals surface area contributed by atoms with Gasteiger partial charge >= 0.3 is 7.82 Å². The molecule has 1 rings (SSSR count). The topological polar surface area (TPSA) is 255 Å². The highest BCUT2D eigenvalue weighted by molar-refractivity contribution is 7.46. The predicted octanol–water partition coefficient (Wildman–Crippen LogP) is 0.154. The molecule has 0 aromatic heterocycles. The van der Waals surface area contributed by atoms with Crippen LogP contribution in [0, 0.1) is 11.8 Å². The Labute approximate surface area is 274 Å². The Kier molecular flexibility index (Phi) is 17.1. The Bertz CT molecular complexity index is 1280. The number of unbranched alkanes of at least 4 members (excludes halogenated alkanes) is 2. The number of nitrogens with one attached hydrogen (secondary N) is 5. The zero-order valence-electron chi connectivity index (χ0n) is 27.7. The molecule has 4 atom stereocenters. The molecule has 0 spiro atoms. The molecule has 264 valence electrons. The van der Waals surface area contributed by atoms with Gasteiger partial charge in [-0.3, -0.25) is 38.6 Å². The monoisotopic (exact) mass is 684 g/mol. The normalized spacial score (nSPS) is 13.9. The number of benzene rings is 1. The molecule has 0 radical (unpaired) electrons. The maximum Gasteiger partial charge on any atom is 0.524 e. The van der Waals surface area contributed by atoms with Crippen molar-refractivity contribution < 1.29 is 47.6 Å². The van der Waals surface area contributed by atoms with Gasteiger partial charge in [-0.15, -0.1) is 0 Å². The quantitative estimate of drug-likeness (QED) is 0.0682. The summed E-state index contributed by atoms with van der Waals surface area (Å²) in [6.07, 6.45) is 1.83. The second-order valence-electron chi connectivity index (χ2n) is 11.8. The molecule has 17 heteroatoms. The third-order valence-electron chi connectivity index (χ3n) is 7.03. The Balaban J connectivity index is 3.23. The van der Waals surface area contributed by atoms with E-state index in [2.05, 4.69) is 31.1 Å². The van der Waals surface area contributed by atoms with Crippen LogP contribution >= 0.6 is 7.82 Å². The van der Waals surface area contributed by atoms with E-state index in [0.717, 1.165) is 12.8 Å². The molecular formula is C30H49N6O10P. The summed E-state index contributed by atoms with van der Waals surface area (Å²) in [6.45, 7) is 8.68. The lowest BCUT2D eigenvalue weighted by molar-refractivity contribution is -0.136.